The average molecular weight is 236 g/mol. The van der Waals surface area contributed by atoms with Crippen LogP contribution in [0.3, 0.4) is 0 Å². The molecule has 16 heavy (non-hydrogen) atoms. The Hall–Kier alpha value is -1.56. The zero-order chi connectivity index (χ0) is 11.0. The monoisotopic (exact) mass is 236 g/mol. The van der Waals surface area contributed by atoms with Crippen LogP contribution in [-0.4, -0.2) is 23.2 Å². The summed E-state index contributed by atoms with van der Waals surface area (Å²) in [5.41, 5.74) is 6.65. The summed E-state index contributed by atoms with van der Waals surface area (Å²) in [4.78, 5) is 6.50. The van der Waals surface area contributed by atoms with E-state index in [-0.39, 0.29) is 0 Å². The molecule has 0 atom stereocenters. The highest BCUT2D eigenvalue weighted by Gasteiger charge is 2.19. The van der Waals surface area contributed by atoms with Gasteiger partial charge in [-0.25, -0.2) is 0 Å². The number of anilines is 2. The fourth-order valence-electron chi connectivity index (χ4n) is 1.87. The SMILES string of the molecule is Nc1sccc1-c1nc(N2CCCC2)no1. The van der Waals surface area contributed by atoms with E-state index in [1.807, 2.05) is 11.4 Å². The maximum atomic E-state index is 5.81. The van der Waals surface area contributed by atoms with Crippen molar-refractivity contribution in [3.63, 3.8) is 0 Å². The quantitative estimate of drug-likeness (QED) is 0.863. The van der Waals surface area contributed by atoms with Crippen LogP contribution in [-0.2, 0) is 0 Å². The predicted octanol–water partition coefficient (Wildman–Crippen LogP) is 1.98. The number of rotatable bonds is 2. The molecule has 84 valence electrons. The Morgan fingerprint density at radius 3 is 2.88 bits per heavy atom. The van der Waals surface area contributed by atoms with Crippen LogP contribution in [0.25, 0.3) is 11.5 Å². The molecule has 3 heterocycles. The number of nitrogens with zero attached hydrogens (tertiary/aromatic N) is 3. The molecule has 2 aromatic heterocycles. The maximum absolute atomic E-state index is 5.81. The lowest BCUT2D eigenvalue weighted by Crippen LogP contribution is -2.18. The first-order valence-corrected chi connectivity index (χ1v) is 6.14. The third-order valence-electron chi connectivity index (χ3n) is 2.73. The number of hydrogen-bond donors (Lipinski definition) is 1. The molecule has 3 rings (SSSR count). The second-order valence-electron chi connectivity index (χ2n) is 3.79. The molecule has 0 amide bonds. The Balaban J connectivity index is 1.90. The number of nitrogens with two attached hydrogens (primary N) is 1. The second kappa shape index (κ2) is 3.79. The molecule has 0 spiro atoms. The third-order valence-corrected chi connectivity index (χ3v) is 3.48. The van der Waals surface area contributed by atoms with Crippen molar-refractivity contribution in [2.45, 2.75) is 12.8 Å². The van der Waals surface area contributed by atoms with Crippen molar-refractivity contribution in [3.05, 3.63) is 11.4 Å². The van der Waals surface area contributed by atoms with Gasteiger partial charge in [0.15, 0.2) is 0 Å². The van der Waals surface area contributed by atoms with Gasteiger partial charge in [0.25, 0.3) is 11.8 Å². The van der Waals surface area contributed by atoms with Gasteiger partial charge >= 0.3 is 0 Å². The largest absolute Gasteiger partial charge is 0.390 e. The first-order valence-electron chi connectivity index (χ1n) is 5.26. The van der Waals surface area contributed by atoms with Crippen molar-refractivity contribution in [1.82, 2.24) is 10.1 Å². The van der Waals surface area contributed by atoms with Crippen LogP contribution in [0.15, 0.2) is 16.0 Å². The lowest BCUT2D eigenvalue weighted by molar-refractivity contribution is 0.430. The Morgan fingerprint density at radius 1 is 1.38 bits per heavy atom. The molecule has 1 aliphatic rings. The summed E-state index contributed by atoms with van der Waals surface area (Å²) >= 11 is 1.48. The molecule has 0 saturated carbocycles. The molecule has 0 aromatic carbocycles. The highest BCUT2D eigenvalue weighted by Crippen LogP contribution is 2.30. The van der Waals surface area contributed by atoms with Gasteiger partial charge in [0.1, 0.15) is 0 Å². The van der Waals surface area contributed by atoms with Crippen LogP contribution in [0.2, 0.25) is 0 Å². The molecule has 0 radical (unpaired) electrons. The molecular formula is C10H12N4OS. The normalized spacial score (nSPS) is 15.9. The fraction of sp³-hybridized carbons (Fsp3) is 0.400. The minimum Gasteiger partial charge on any atom is -0.390 e. The van der Waals surface area contributed by atoms with Crippen LogP contribution in [0.4, 0.5) is 10.9 Å². The molecule has 2 N–H and O–H groups in total. The highest BCUT2D eigenvalue weighted by atomic mass is 32.1. The molecule has 1 aliphatic heterocycles. The van der Waals surface area contributed by atoms with E-state index in [9.17, 15) is 0 Å². The Kier molecular flexibility index (Phi) is 2.28. The molecule has 0 bridgehead atoms. The van der Waals surface area contributed by atoms with E-state index in [1.54, 1.807) is 0 Å². The van der Waals surface area contributed by atoms with Gasteiger partial charge in [0, 0.05) is 13.1 Å². The minimum absolute atomic E-state index is 0.514. The molecule has 0 aliphatic carbocycles. The van der Waals surface area contributed by atoms with Gasteiger partial charge in [0.2, 0.25) is 0 Å². The van der Waals surface area contributed by atoms with Crippen molar-refractivity contribution in [2.75, 3.05) is 23.7 Å². The molecule has 0 unspecified atom stereocenters. The van der Waals surface area contributed by atoms with Gasteiger partial charge in [-0.3, -0.25) is 0 Å². The smallest absolute Gasteiger partial charge is 0.266 e. The predicted molar refractivity (Wildman–Crippen MR) is 63.5 cm³/mol. The van der Waals surface area contributed by atoms with Gasteiger partial charge in [-0.15, -0.1) is 11.3 Å². The van der Waals surface area contributed by atoms with Gasteiger partial charge in [-0.05, 0) is 29.4 Å². The van der Waals surface area contributed by atoms with Crippen molar-refractivity contribution >= 4 is 22.3 Å². The van der Waals surface area contributed by atoms with Crippen LogP contribution in [0.5, 0.6) is 0 Å². The van der Waals surface area contributed by atoms with Gasteiger partial charge in [-0.1, -0.05) is 0 Å². The third kappa shape index (κ3) is 1.55. The molecule has 1 saturated heterocycles. The molecule has 6 heteroatoms. The zero-order valence-electron chi connectivity index (χ0n) is 8.72. The first kappa shape index (κ1) is 9.65. The van der Waals surface area contributed by atoms with Crippen LogP contribution < -0.4 is 10.6 Å². The van der Waals surface area contributed by atoms with Gasteiger partial charge < -0.3 is 15.2 Å². The van der Waals surface area contributed by atoms with Crippen molar-refractivity contribution in [3.8, 4) is 11.5 Å². The lowest BCUT2D eigenvalue weighted by atomic mass is 10.3. The number of nitrogen functional groups attached to an aromatic ring is 1. The van der Waals surface area contributed by atoms with E-state index in [1.165, 1.54) is 24.2 Å². The molecule has 2 aromatic rings. The summed E-state index contributed by atoms with van der Waals surface area (Å²) in [6, 6.07) is 1.90. The molecular weight excluding hydrogens is 224 g/mol. The number of hydrogen-bond acceptors (Lipinski definition) is 6. The Morgan fingerprint density at radius 2 is 2.19 bits per heavy atom. The topological polar surface area (TPSA) is 68.2 Å². The lowest BCUT2D eigenvalue weighted by Gasteiger charge is -2.09. The summed E-state index contributed by atoms with van der Waals surface area (Å²) in [6.45, 7) is 2.02. The van der Waals surface area contributed by atoms with E-state index in [0.29, 0.717) is 11.8 Å². The van der Waals surface area contributed by atoms with E-state index in [0.717, 1.165) is 23.7 Å². The highest BCUT2D eigenvalue weighted by molar-refractivity contribution is 7.14. The fourth-order valence-corrected chi connectivity index (χ4v) is 2.50. The van der Waals surface area contributed by atoms with Crippen molar-refractivity contribution < 1.29 is 4.52 Å². The second-order valence-corrected chi connectivity index (χ2v) is 4.74. The standard InChI is InChI=1S/C10H12N4OS/c11-8-7(3-6-16-8)9-12-10(13-15-9)14-4-1-2-5-14/h3,6H,1-2,4-5,11H2. The van der Waals surface area contributed by atoms with E-state index in [4.69, 9.17) is 10.3 Å². The summed E-state index contributed by atoms with van der Waals surface area (Å²) in [5, 5.41) is 6.62. The van der Waals surface area contributed by atoms with E-state index >= 15 is 0 Å². The van der Waals surface area contributed by atoms with Crippen LogP contribution >= 0.6 is 11.3 Å². The number of aromatic nitrogens is 2. The summed E-state index contributed by atoms with van der Waals surface area (Å²) < 4.78 is 5.23. The van der Waals surface area contributed by atoms with Gasteiger partial charge in [0.05, 0.1) is 10.6 Å². The van der Waals surface area contributed by atoms with Crippen LogP contribution in [0, 0.1) is 0 Å². The number of thiophene rings is 1. The summed E-state index contributed by atoms with van der Waals surface area (Å²) in [6.07, 6.45) is 2.40. The van der Waals surface area contributed by atoms with Crippen molar-refractivity contribution in [1.29, 1.82) is 0 Å². The minimum atomic E-state index is 0.514. The van der Waals surface area contributed by atoms with E-state index < -0.39 is 0 Å². The first-order chi connectivity index (χ1) is 7.84. The van der Waals surface area contributed by atoms with Crippen LogP contribution in [0.1, 0.15) is 12.8 Å². The Labute approximate surface area is 96.9 Å². The molecule has 1 fully saturated rings. The Bertz CT molecular complexity index is 486. The summed E-state index contributed by atoms with van der Waals surface area (Å²) in [7, 11) is 0. The van der Waals surface area contributed by atoms with E-state index in [2.05, 4.69) is 15.0 Å². The zero-order valence-corrected chi connectivity index (χ0v) is 9.54. The molecule has 5 nitrogen and oxygen atoms in total. The van der Waals surface area contributed by atoms with Crippen molar-refractivity contribution in [2.24, 2.45) is 0 Å². The maximum Gasteiger partial charge on any atom is 0.266 e. The average Bonchev–Trinajstić information content (AvgIpc) is 2.96. The van der Waals surface area contributed by atoms with Gasteiger partial charge in [-0.2, -0.15) is 4.98 Å². The summed E-state index contributed by atoms with van der Waals surface area (Å²) in [5.74, 6) is 1.19.